The van der Waals surface area contributed by atoms with E-state index in [9.17, 15) is 4.79 Å². The van der Waals surface area contributed by atoms with Gasteiger partial charge in [0.2, 0.25) is 5.95 Å². The van der Waals surface area contributed by atoms with Crippen LogP contribution in [0.2, 0.25) is 5.02 Å². The van der Waals surface area contributed by atoms with Gasteiger partial charge in [-0.3, -0.25) is 9.36 Å². The molecule has 148 valence electrons. The molecule has 1 atom stereocenters. The summed E-state index contributed by atoms with van der Waals surface area (Å²) in [6, 6.07) is 24.8. The van der Waals surface area contributed by atoms with E-state index in [1.54, 1.807) is 12.1 Å². The first-order valence-electron chi connectivity index (χ1n) is 9.68. The quantitative estimate of drug-likeness (QED) is 0.457. The standard InChI is InChI=1S/C24H19ClN4O/c1-15-21(23(30)27-18-11-7-10-17(25)14-18)22(16-8-3-2-4-9-16)29-20-13-6-5-12-19(20)28-24(29)26-15/h2-14,22H,1H3,(H,26,28)(H,27,30). The van der Waals surface area contributed by atoms with Gasteiger partial charge in [0.25, 0.3) is 5.91 Å². The molecule has 2 N–H and O–H groups in total. The van der Waals surface area contributed by atoms with Crippen LogP contribution in [-0.4, -0.2) is 15.5 Å². The van der Waals surface area contributed by atoms with Gasteiger partial charge in [-0.2, -0.15) is 0 Å². The van der Waals surface area contributed by atoms with Gasteiger partial charge in [0.15, 0.2) is 0 Å². The minimum Gasteiger partial charge on any atom is -0.329 e. The fourth-order valence-corrected chi connectivity index (χ4v) is 4.16. The van der Waals surface area contributed by atoms with E-state index >= 15 is 0 Å². The summed E-state index contributed by atoms with van der Waals surface area (Å²) in [7, 11) is 0. The predicted octanol–water partition coefficient (Wildman–Crippen LogP) is 5.62. The number of nitrogens with one attached hydrogen (secondary N) is 2. The van der Waals surface area contributed by atoms with Crippen molar-refractivity contribution in [2.45, 2.75) is 13.0 Å². The third-order valence-corrected chi connectivity index (χ3v) is 5.51. The first-order valence-corrected chi connectivity index (χ1v) is 10.1. The topological polar surface area (TPSA) is 59.0 Å². The van der Waals surface area contributed by atoms with Crippen LogP contribution < -0.4 is 10.6 Å². The Bertz CT molecular complexity index is 1290. The Balaban J connectivity index is 1.66. The Morgan fingerprint density at radius 3 is 2.60 bits per heavy atom. The van der Waals surface area contributed by atoms with Crippen molar-refractivity contribution >= 4 is 40.2 Å². The molecule has 0 bridgehead atoms. The second-order valence-electron chi connectivity index (χ2n) is 7.24. The molecule has 0 saturated carbocycles. The number of imidazole rings is 1. The molecule has 0 radical (unpaired) electrons. The lowest BCUT2D eigenvalue weighted by molar-refractivity contribution is -0.113. The first kappa shape index (κ1) is 18.5. The maximum Gasteiger partial charge on any atom is 0.255 e. The molecule has 2 heterocycles. The number of hydrogen-bond donors (Lipinski definition) is 2. The number of allylic oxidation sites excluding steroid dienone is 1. The van der Waals surface area contributed by atoms with Gasteiger partial charge in [-0.15, -0.1) is 0 Å². The number of carbonyl (C=O) groups excluding carboxylic acids is 1. The zero-order valence-corrected chi connectivity index (χ0v) is 17.0. The van der Waals surface area contributed by atoms with Gasteiger partial charge >= 0.3 is 0 Å². The number of rotatable bonds is 3. The van der Waals surface area contributed by atoms with Crippen molar-refractivity contribution in [3.05, 3.63) is 101 Å². The summed E-state index contributed by atoms with van der Waals surface area (Å²) in [6.07, 6.45) is 0. The zero-order chi connectivity index (χ0) is 20.7. The number of nitrogens with zero attached hydrogens (tertiary/aromatic N) is 2. The van der Waals surface area contributed by atoms with Crippen LogP contribution in [0.3, 0.4) is 0 Å². The van der Waals surface area contributed by atoms with Crippen molar-refractivity contribution in [1.29, 1.82) is 0 Å². The minimum atomic E-state index is -0.311. The highest BCUT2D eigenvalue weighted by Crippen LogP contribution is 2.39. The van der Waals surface area contributed by atoms with Crippen LogP contribution in [0.1, 0.15) is 18.5 Å². The van der Waals surface area contributed by atoms with Gasteiger partial charge < -0.3 is 10.6 Å². The summed E-state index contributed by atoms with van der Waals surface area (Å²) >= 11 is 6.10. The van der Waals surface area contributed by atoms with E-state index in [0.717, 1.165) is 28.2 Å². The molecule has 6 heteroatoms. The smallest absolute Gasteiger partial charge is 0.255 e. The summed E-state index contributed by atoms with van der Waals surface area (Å²) in [4.78, 5) is 18.2. The van der Waals surface area contributed by atoms with Gasteiger partial charge in [0.1, 0.15) is 0 Å². The third kappa shape index (κ3) is 3.13. The Kier molecular flexibility index (Phi) is 4.52. The summed E-state index contributed by atoms with van der Waals surface area (Å²) < 4.78 is 2.09. The Hall–Kier alpha value is -3.57. The van der Waals surface area contributed by atoms with Gasteiger partial charge in [0.05, 0.1) is 22.6 Å². The number of benzene rings is 3. The van der Waals surface area contributed by atoms with E-state index in [1.807, 2.05) is 73.7 Å². The van der Waals surface area contributed by atoms with Crippen LogP contribution in [-0.2, 0) is 4.79 Å². The van der Waals surface area contributed by atoms with Crippen LogP contribution in [0, 0.1) is 0 Å². The second kappa shape index (κ2) is 7.35. The number of carbonyl (C=O) groups is 1. The molecule has 5 nitrogen and oxygen atoms in total. The number of amides is 1. The van der Waals surface area contributed by atoms with Crippen LogP contribution >= 0.6 is 11.6 Å². The summed E-state index contributed by atoms with van der Waals surface area (Å²) in [5.41, 5.74) is 4.92. The molecule has 5 rings (SSSR count). The molecule has 1 aliphatic rings. The molecule has 1 aliphatic heterocycles. The lowest BCUT2D eigenvalue weighted by atomic mass is 9.94. The van der Waals surface area contributed by atoms with Crippen molar-refractivity contribution < 1.29 is 4.79 Å². The number of hydrogen-bond acceptors (Lipinski definition) is 3. The molecule has 0 spiro atoms. The van der Waals surface area contributed by atoms with Crippen molar-refractivity contribution in [3.63, 3.8) is 0 Å². The van der Waals surface area contributed by atoms with E-state index in [4.69, 9.17) is 16.6 Å². The molecular weight excluding hydrogens is 396 g/mol. The highest BCUT2D eigenvalue weighted by molar-refractivity contribution is 6.31. The average molecular weight is 415 g/mol. The van der Waals surface area contributed by atoms with Crippen LogP contribution in [0.4, 0.5) is 11.6 Å². The van der Waals surface area contributed by atoms with Gasteiger partial charge in [-0.05, 0) is 42.8 Å². The van der Waals surface area contributed by atoms with Crippen molar-refractivity contribution in [2.75, 3.05) is 10.6 Å². The third-order valence-electron chi connectivity index (χ3n) is 5.27. The highest BCUT2D eigenvalue weighted by Gasteiger charge is 2.34. The molecule has 30 heavy (non-hydrogen) atoms. The zero-order valence-electron chi connectivity index (χ0n) is 16.3. The van der Waals surface area contributed by atoms with Crippen molar-refractivity contribution in [3.8, 4) is 0 Å². The molecule has 3 aromatic carbocycles. The molecule has 0 saturated heterocycles. The highest BCUT2D eigenvalue weighted by atomic mass is 35.5. The maximum atomic E-state index is 13.5. The van der Waals surface area contributed by atoms with Crippen LogP contribution in [0.5, 0.6) is 0 Å². The van der Waals surface area contributed by atoms with Crippen LogP contribution in [0.25, 0.3) is 11.0 Å². The minimum absolute atomic E-state index is 0.181. The normalized spacial score (nSPS) is 15.6. The fourth-order valence-electron chi connectivity index (χ4n) is 3.97. The number of para-hydroxylation sites is 2. The predicted molar refractivity (Wildman–Crippen MR) is 121 cm³/mol. The monoisotopic (exact) mass is 414 g/mol. The van der Waals surface area contributed by atoms with Gasteiger partial charge in [-0.25, -0.2) is 4.98 Å². The molecule has 4 aromatic rings. The van der Waals surface area contributed by atoms with Crippen molar-refractivity contribution in [1.82, 2.24) is 9.55 Å². The Morgan fingerprint density at radius 2 is 1.80 bits per heavy atom. The van der Waals surface area contributed by atoms with E-state index in [1.165, 1.54) is 0 Å². The first-order chi connectivity index (χ1) is 14.6. The number of anilines is 2. The number of fused-ring (bicyclic) bond motifs is 3. The van der Waals surface area contributed by atoms with E-state index in [-0.39, 0.29) is 11.9 Å². The lowest BCUT2D eigenvalue weighted by Gasteiger charge is -2.30. The lowest BCUT2D eigenvalue weighted by Crippen LogP contribution is -2.30. The SMILES string of the molecule is CC1=C(C(=O)Nc2cccc(Cl)c2)C(c2ccccc2)n2c(nc3ccccc32)N1. The van der Waals surface area contributed by atoms with E-state index in [2.05, 4.69) is 15.2 Å². The fraction of sp³-hybridized carbons (Fsp3) is 0.0833. The molecule has 0 fully saturated rings. The number of halogens is 1. The number of aromatic nitrogens is 2. The Morgan fingerprint density at radius 1 is 1.03 bits per heavy atom. The van der Waals surface area contributed by atoms with Gasteiger partial charge in [0, 0.05) is 16.4 Å². The van der Waals surface area contributed by atoms with Crippen molar-refractivity contribution in [2.24, 2.45) is 0 Å². The molecular formula is C24H19ClN4O. The summed E-state index contributed by atoms with van der Waals surface area (Å²) in [5.74, 6) is 0.543. The largest absolute Gasteiger partial charge is 0.329 e. The average Bonchev–Trinajstić information content (AvgIpc) is 3.11. The second-order valence-corrected chi connectivity index (χ2v) is 7.67. The van der Waals surface area contributed by atoms with Gasteiger partial charge in [-0.1, -0.05) is 60.1 Å². The molecule has 1 aromatic heterocycles. The summed E-state index contributed by atoms with van der Waals surface area (Å²) in [6.45, 7) is 1.91. The molecule has 1 unspecified atom stereocenters. The maximum absolute atomic E-state index is 13.5. The van der Waals surface area contributed by atoms with E-state index < -0.39 is 0 Å². The van der Waals surface area contributed by atoms with Crippen LogP contribution in [0.15, 0.2) is 90.1 Å². The summed E-state index contributed by atoms with van der Waals surface area (Å²) in [5, 5.41) is 6.89. The van der Waals surface area contributed by atoms with E-state index in [0.29, 0.717) is 16.3 Å². The molecule has 0 aliphatic carbocycles. The molecule has 1 amide bonds. The Labute approximate surface area is 179 Å².